The predicted molar refractivity (Wildman–Crippen MR) is 86.0 cm³/mol. The van der Waals surface area contributed by atoms with E-state index in [9.17, 15) is 9.90 Å². The third-order valence-electron chi connectivity index (χ3n) is 2.71. The highest BCUT2D eigenvalue weighted by molar-refractivity contribution is 9.10. The van der Waals surface area contributed by atoms with E-state index in [2.05, 4.69) is 21.2 Å². The SMILES string of the molecule is C[C@@H](Oc1ccc(Br)cc1)C(=O)Nc1cc(Cl)ccc1O. The summed E-state index contributed by atoms with van der Waals surface area (Å²) in [6, 6.07) is 11.6. The Morgan fingerprint density at radius 3 is 2.62 bits per heavy atom. The number of ether oxygens (including phenoxy) is 1. The standard InChI is InChI=1S/C15H13BrClNO3/c1-9(21-12-5-2-10(16)3-6-12)15(20)18-13-8-11(17)4-7-14(13)19/h2-9,19H,1H3,(H,18,20)/t9-/m1/s1. The van der Waals surface area contributed by atoms with Gasteiger partial charge in [0.15, 0.2) is 6.10 Å². The van der Waals surface area contributed by atoms with Crippen LogP contribution in [0.5, 0.6) is 11.5 Å². The van der Waals surface area contributed by atoms with Crippen molar-refractivity contribution in [3.05, 3.63) is 52.0 Å². The minimum atomic E-state index is -0.718. The van der Waals surface area contributed by atoms with Crippen molar-refractivity contribution in [1.82, 2.24) is 0 Å². The zero-order valence-electron chi connectivity index (χ0n) is 11.1. The first-order valence-corrected chi connectivity index (χ1v) is 7.34. The summed E-state index contributed by atoms with van der Waals surface area (Å²) in [5.41, 5.74) is 0.249. The Morgan fingerprint density at radius 1 is 1.29 bits per heavy atom. The van der Waals surface area contributed by atoms with E-state index in [1.165, 1.54) is 18.2 Å². The van der Waals surface area contributed by atoms with Crippen LogP contribution in [0.3, 0.4) is 0 Å². The molecule has 2 rings (SSSR count). The molecule has 1 atom stereocenters. The van der Waals surface area contributed by atoms with Gasteiger partial charge in [-0.05, 0) is 49.4 Å². The van der Waals surface area contributed by atoms with E-state index >= 15 is 0 Å². The number of phenolic OH excluding ortho intramolecular Hbond substituents is 1. The molecule has 2 aromatic rings. The van der Waals surface area contributed by atoms with Gasteiger partial charge in [-0.3, -0.25) is 4.79 Å². The maximum absolute atomic E-state index is 12.0. The van der Waals surface area contributed by atoms with Crippen LogP contribution in [-0.4, -0.2) is 17.1 Å². The lowest BCUT2D eigenvalue weighted by atomic mass is 10.2. The molecular formula is C15H13BrClNO3. The summed E-state index contributed by atoms with van der Waals surface area (Å²) < 4.78 is 6.45. The van der Waals surface area contributed by atoms with Crippen molar-refractivity contribution in [1.29, 1.82) is 0 Å². The molecule has 0 aliphatic heterocycles. The lowest BCUT2D eigenvalue weighted by molar-refractivity contribution is -0.122. The number of amides is 1. The number of carbonyl (C=O) groups excluding carboxylic acids is 1. The van der Waals surface area contributed by atoms with Crippen molar-refractivity contribution in [2.75, 3.05) is 5.32 Å². The van der Waals surface area contributed by atoms with Crippen molar-refractivity contribution in [2.24, 2.45) is 0 Å². The van der Waals surface area contributed by atoms with Crippen LogP contribution in [0.4, 0.5) is 5.69 Å². The second kappa shape index (κ2) is 6.83. The first-order chi connectivity index (χ1) is 9.95. The Kier molecular flexibility index (Phi) is 5.09. The molecule has 0 saturated heterocycles. The van der Waals surface area contributed by atoms with Crippen LogP contribution in [0.15, 0.2) is 46.9 Å². The number of halogens is 2. The summed E-state index contributed by atoms with van der Waals surface area (Å²) in [4.78, 5) is 12.0. The van der Waals surface area contributed by atoms with E-state index < -0.39 is 6.10 Å². The minimum Gasteiger partial charge on any atom is -0.506 e. The van der Waals surface area contributed by atoms with Gasteiger partial charge in [0.2, 0.25) is 0 Å². The molecule has 4 nitrogen and oxygen atoms in total. The van der Waals surface area contributed by atoms with Gasteiger partial charge in [0.05, 0.1) is 5.69 Å². The molecule has 0 spiro atoms. The molecule has 0 saturated carbocycles. The highest BCUT2D eigenvalue weighted by atomic mass is 79.9. The number of benzene rings is 2. The van der Waals surface area contributed by atoms with Crippen LogP contribution in [0.25, 0.3) is 0 Å². The summed E-state index contributed by atoms with van der Waals surface area (Å²) in [6.45, 7) is 1.62. The number of anilines is 1. The molecule has 0 bridgehead atoms. The molecule has 0 unspecified atom stereocenters. The maximum atomic E-state index is 12.0. The number of rotatable bonds is 4. The first-order valence-electron chi connectivity index (χ1n) is 6.17. The molecule has 0 aliphatic carbocycles. The molecule has 2 aromatic carbocycles. The van der Waals surface area contributed by atoms with Crippen molar-refractivity contribution in [3.63, 3.8) is 0 Å². The molecule has 6 heteroatoms. The normalized spacial score (nSPS) is 11.8. The van der Waals surface area contributed by atoms with Gasteiger partial charge in [-0.2, -0.15) is 0 Å². The number of phenols is 1. The smallest absolute Gasteiger partial charge is 0.265 e. The average molecular weight is 371 g/mol. The summed E-state index contributed by atoms with van der Waals surface area (Å²) in [5.74, 6) is 0.148. The van der Waals surface area contributed by atoms with Crippen molar-refractivity contribution in [2.45, 2.75) is 13.0 Å². The lowest BCUT2D eigenvalue weighted by Gasteiger charge is -2.15. The largest absolute Gasteiger partial charge is 0.506 e. The number of hydrogen-bond donors (Lipinski definition) is 2. The number of carbonyl (C=O) groups is 1. The van der Waals surface area contributed by atoms with Crippen LogP contribution in [0.2, 0.25) is 5.02 Å². The molecule has 2 N–H and O–H groups in total. The molecule has 0 radical (unpaired) electrons. The summed E-state index contributed by atoms with van der Waals surface area (Å²) in [5, 5.41) is 12.7. The van der Waals surface area contributed by atoms with E-state index in [-0.39, 0.29) is 17.3 Å². The van der Waals surface area contributed by atoms with E-state index in [1.54, 1.807) is 19.1 Å². The fourth-order valence-electron chi connectivity index (χ4n) is 1.61. The fraction of sp³-hybridized carbons (Fsp3) is 0.133. The van der Waals surface area contributed by atoms with Gasteiger partial charge in [0.25, 0.3) is 5.91 Å². The lowest BCUT2D eigenvalue weighted by Crippen LogP contribution is -2.30. The van der Waals surface area contributed by atoms with Gasteiger partial charge in [-0.25, -0.2) is 0 Å². The summed E-state index contributed by atoms with van der Waals surface area (Å²) in [7, 11) is 0. The van der Waals surface area contributed by atoms with E-state index in [0.29, 0.717) is 10.8 Å². The Labute approximate surface area is 135 Å². The monoisotopic (exact) mass is 369 g/mol. The predicted octanol–water partition coefficient (Wildman–Crippen LogP) is 4.21. The van der Waals surface area contributed by atoms with Gasteiger partial charge in [-0.1, -0.05) is 27.5 Å². The fourth-order valence-corrected chi connectivity index (χ4v) is 2.05. The Morgan fingerprint density at radius 2 is 1.95 bits per heavy atom. The quantitative estimate of drug-likeness (QED) is 0.793. The van der Waals surface area contributed by atoms with Gasteiger partial charge in [-0.15, -0.1) is 0 Å². The Balaban J connectivity index is 2.02. The highest BCUT2D eigenvalue weighted by Gasteiger charge is 2.16. The molecule has 0 aromatic heterocycles. The third-order valence-corrected chi connectivity index (χ3v) is 3.48. The van der Waals surface area contributed by atoms with Crippen molar-refractivity contribution < 1.29 is 14.6 Å². The Hall–Kier alpha value is -1.72. The number of aromatic hydroxyl groups is 1. The zero-order valence-corrected chi connectivity index (χ0v) is 13.5. The van der Waals surface area contributed by atoms with Crippen molar-refractivity contribution in [3.8, 4) is 11.5 Å². The van der Waals surface area contributed by atoms with Crippen LogP contribution < -0.4 is 10.1 Å². The number of hydrogen-bond acceptors (Lipinski definition) is 3. The molecule has 1 amide bonds. The minimum absolute atomic E-state index is 0.0522. The van der Waals surface area contributed by atoms with Gasteiger partial charge in [0, 0.05) is 9.50 Å². The average Bonchev–Trinajstić information content (AvgIpc) is 2.45. The first kappa shape index (κ1) is 15.7. The molecule has 0 aliphatic rings. The Bertz CT molecular complexity index is 646. The van der Waals surface area contributed by atoms with Crippen LogP contribution >= 0.6 is 27.5 Å². The van der Waals surface area contributed by atoms with Crippen LogP contribution in [0, 0.1) is 0 Å². The van der Waals surface area contributed by atoms with Crippen molar-refractivity contribution >= 4 is 39.1 Å². The summed E-state index contributed by atoms with van der Waals surface area (Å²) >= 11 is 9.15. The zero-order chi connectivity index (χ0) is 15.4. The molecule has 110 valence electrons. The molecule has 21 heavy (non-hydrogen) atoms. The van der Waals surface area contributed by atoms with Gasteiger partial charge >= 0.3 is 0 Å². The number of nitrogens with one attached hydrogen (secondary N) is 1. The van der Waals surface area contributed by atoms with Crippen LogP contribution in [0.1, 0.15) is 6.92 Å². The van der Waals surface area contributed by atoms with E-state index in [4.69, 9.17) is 16.3 Å². The third kappa shape index (κ3) is 4.37. The van der Waals surface area contributed by atoms with Gasteiger partial charge < -0.3 is 15.2 Å². The molecule has 0 fully saturated rings. The highest BCUT2D eigenvalue weighted by Crippen LogP contribution is 2.27. The van der Waals surface area contributed by atoms with Crippen LogP contribution in [-0.2, 0) is 4.79 Å². The maximum Gasteiger partial charge on any atom is 0.265 e. The topological polar surface area (TPSA) is 58.6 Å². The van der Waals surface area contributed by atoms with E-state index in [1.807, 2.05) is 12.1 Å². The van der Waals surface area contributed by atoms with E-state index in [0.717, 1.165) is 4.47 Å². The second-order valence-electron chi connectivity index (χ2n) is 4.36. The molecule has 0 heterocycles. The van der Waals surface area contributed by atoms with Gasteiger partial charge in [0.1, 0.15) is 11.5 Å². The second-order valence-corrected chi connectivity index (χ2v) is 5.72. The summed E-state index contributed by atoms with van der Waals surface area (Å²) in [6.07, 6.45) is -0.718. The molecular weight excluding hydrogens is 358 g/mol.